The summed E-state index contributed by atoms with van der Waals surface area (Å²) in [6.07, 6.45) is 1.13. The number of aliphatic carboxylic acids is 1. The molecule has 24 heavy (non-hydrogen) atoms. The lowest BCUT2D eigenvalue weighted by Gasteiger charge is -2.32. The fourth-order valence-electron chi connectivity index (χ4n) is 3.68. The first kappa shape index (κ1) is 19.2. The van der Waals surface area contributed by atoms with Crippen LogP contribution < -0.4 is 5.32 Å². The molecule has 0 radical (unpaired) electrons. The lowest BCUT2D eigenvalue weighted by Crippen LogP contribution is -2.48. The summed E-state index contributed by atoms with van der Waals surface area (Å²) in [6, 6.07) is -0.0890. The highest BCUT2D eigenvalue weighted by molar-refractivity contribution is 7.89. The molecule has 2 atom stereocenters. The molecule has 0 aromatic carbocycles. The minimum Gasteiger partial charge on any atom is -0.481 e. The number of rotatable bonds is 6. The number of hydrogen-bond donors (Lipinski definition) is 2. The molecule has 2 N–H and O–H groups in total. The zero-order chi connectivity index (χ0) is 18.3. The Morgan fingerprint density at radius 3 is 2.17 bits per heavy atom. The van der Waals surface area contributed by atoms with Gasteiger partial charge in [0.2, 0.25) is 15.9 Å². The molecule has 0 bridgehead atoms. The van der Waals surface area contributed by atoms with Crippen LogP contribution >= 0.6 is 0 Å². The molecule has 138 valence electrons. The molecule has 0 unspecified atom stereocenters. The number of sulfonamides is 1. The Balaban J connectivity index is 1.86. The molecule has 1 saturated heterocycles. The van der Waals surface area contributed by atoms with Crippen molar-refractivity contribution in [2.45, 2.75) is 46.6 Å². The Morgan fingerprint density at radius 2 is 1.75 bits per heavy atom. The first-order chi connectivity index (χ1) is 11.0. The zero-order valence-corrected chi connectivity index (χ0v) is 15.6. The molecule has 1 aliphatic carbocycles. The van der Waals surface area contributed by atoms with E-state index in [1.54, 1.807) is 13.8 Å². The Kier molecular flexibility index (Phi) is 5.30. The zero-order valence-electron chi connectivity index (χ0n) is 14.8. The quantitative estimate of drug-likeness (QED) is 0.733. The lowest BCUT2D eigenvalue weighted by atomic mass is 10.1. The van der Waals surface area contributed by atoms with Crippen LogP contribution in [-0.4, -0.2) is 54.6 Å². The van der Waals surface area contributed by atoms with E-state index < -0.39 is 33.2 Å². The second kappa shape index (κ2) is 6.63. The highest BCUT2D eigenvalue weighted by Gasteiger charge is 2.66. The van der Waals surface area contributed by atoms with Crippen LogP contribution in [0.4, 0.5) is 0 Å². The number of nitrogens with zero attached hydrogens (tertiary/aromatic N) is 1. The minimum absolute atomic E-state index is 0.0810. The molecule has 0 aromatic heterocycles. The van der Waals surface area contributed by atoms with Gasteiger partial charge in [0.25, 0.3) is 0 Å². The maximum atomic E-state index is 12.3. The maximum Gasteiger partial charge on any atom is 0.307 e. The Labute approximate surface area is 143 Å². The van der Waals surface area contributed by atoms with Gasteiger partial charge in [0.05, 0.1) is 17.6 Å². The van der Waals surface area contributed by atoms with Gasteiger partial charge in [-0.15, -0.1) is 0 Å². The number of carbonyl (C=O) groups excluding carboxylic acids is 1. The summed E-state index contributed by atoms with van der Waals surface area (Å²) >= 11 is 0. The number of amides is 1. The molecule has 2 rings (SSSR count). The minimum atomic E-state index is -3.23. The van der Waals surface area contributed by atoms with Crippen molar-refractivity contribution >= 4 is 21.9 Å². The SMILES string of the molecule is CC(C)CS(=O)(=O)N1CCC(NC(=O)[C@@H]2[C@H](C(=O)O)C2(C)C)CC1. The third-order valence-electron chi connectivity index (χ3n) is 5.11. The summed E-state index contributed by atoms with van der Waals surface area (Å²) in [6.45, 7) is 8.13. The van der Waals surface area contributed by atoms with E-state index in [2.05, 4.69) is 5.32 Å². The summed E-state index contributed by atoms with van der Waals surface area (Å²) in [5.41, 5.74) is -0.517. The fraction of sp³-hybridized carbons (Fsp3) is 0.875. The van der Waals surface area contributed by atoms with E-state index in [4.69, 9.17) is 5.11 Å². The average Bonchev–Trinajstić information content (AvgIpc) is 3.01. The van der Waals surface area contributed by atoms with Crippen LogP contribution in [0.2, 0.25) is 0 Å². The Hall–Kier alpha value is -1.15. The van der Waals surface area contributed by atoms with Gasteiger partial charge >= 0.3 is 5.97 Å². The number of carboxylic acids is 1. The van der Waals surface area contributed by atoms with E-state index in [-0.39, 0.29) is 23.6 Å². The molecular formula is C16H28N2O5S. The van der Waals surface area contributed by atoms with Crippen molar-refractivity contribution in [3.8, 4) is 0 Å². The van der Waals surface area contributed by atoms with E-state index >= 15 is 0 Å². The van der Waals surface area contributed by atoms with Crippen LogP contribution in [0.3, 0.4) is 0 Å². The molecule has 7 nitrogen and oxygen atoms in total. The van der Waals surface area contributed by atoms with Gasteiger partial charge in [-0.2, -0.15) is 0 Å². The number of carboxylic acid groups (broad SMARTS) is 1. The number of piperidine rings is 1. The van der Waals surface area contributed by atoms with Crippen molar-refractivity contribution in [1.29, 1.82) is 0 Å². The fourth-order valence-corrected chi connectivity index (χ4v) is 5.50. The summed E-state index contributed by atoms with van der Waals surface area (Å²) < 4.78 is 25.9. The van der Waals surface area contributed by atoms with Gasteiger partial charge in [0.15, 0.2) is 0 Å². The van der Waals surface area contributed by atoms with Crippen molar-refractivity contribution in [3.63, 3.8) is 0 Å². The van der Waals surface area contributed by atoms with Crippen LogP contribution in [-0.2, 0) is 19.6 Å². The topological polar surface area (TPSA) is 104 Å². The smallest absolute Gasteiger partial charge is 0.307 e. The Morgan fingerprint density at radius 1 is 1.21 bits per heavy atom. The van der Waals surface area contributed by atoms with Crippen molar-refractivity contribution in [2.24, 2.45) is 23.2 Å². The lowest BCUT2D eigenvalue weighted by molar-refractivity contribution is -0.140. The number of nitrogens with one attached hydrogen (secondary N) is 1. The summed E-state index contributed by atoms with van der Waals surface area (Å²) in [4.78, 5) is 23.5. The molecule has 1 amide bonds. The molecule has 1 heterocycles. The number of hydrogen-bond acceptors (Lipinski definition) is 4. The molecule has 1 saturated carbocycles. The van der Waals surface area contributed by atoms with Gasteiger partial charge in [-0.1, -0.05) is 27.7 Å². The highest BCUT2D eigenvalue weighted by atomic mass is 32.2. The number of carbonyl (C=O) groups is 2. The standard InChI is InChI=1S/C16H28N2O5S/c1-10(2)9-24(22,23)18-7-5-11(6-8-18)17-14(19)12-13(15(20)21)16(12,3)4/h10-13H,5-9H2,1-4H3,(H,17,19)(H,20,21)/t12-,13+/m0/s1. The second-order valence-electron chi connectivity index (χ2n) is 7.97. The highest BCUT2D eigenvalue weighted by Crippen LogP contribution is 2.58. The third kappa shape index (κ3) is 3.91. The Bertz CT molecular complexity index is 606. The van der Waals surface area contributed by atoms with Crippen molar-refractivity contribution < 1.29 is 23.1 Å². The summed E-state index contributed by atoms with van der Waals surface area (Å²) in [5.74, 6) is -2.08. The monoisotopic (exact) mass is 360 g/mol. The maximum absolute atomic E-state index is 12.3. The molecule has 2 fully saturated rings. The van der Waals surface area contributed by atoms with E-state index in [0.717, 1.165) is 0 Å². The van der Waals surface area contributed by atoms with Crippen LogP contribution in [0.15, 0.2) is 0 Å². The normalized spacial score (nSPS) is 27.9. The summed E-state index contributed by atoms with van der Waals surface area (Å²) in [5, 5.41) is 12.1. The van der Waals surface area contributed by atoms with Crippen molar-refractivity contribution in [1.82, 2.24) is 9.62 Å². The van der Waals surface area contributed by atoms with Gasteiger partial charge in [0, 0.05) is 19.1 Å². The van der Waals surface area contributed by atoms with Gasteiger partial charge < -0.3 is 10.4 Å². The van der Waals surface area contributed by atoms with E-state index in [1.165, 1.54) is 4.31 Å². The predicted molar refractivity (Wildman–Crippen MR) is 89.8 cm³/mol. The van der Waals surface area contributed by atoms with E-state index in [9.17, 15) is 18.0 Å². The molecular weight excluding hydrogens is 332 g/mol. The largest absolute Gasteiger partial charge is 0.481 e. The molecule has 8 heteroatoms. The van der Waals surface area contributed by atoms with Crippen LogP contribution in [0.5, 0.6) is 0 Å². The molecule has 0 spiro atoms. The average molecular weight is 360 g/mol. The van der Waals surface area contributed by atoms with Gasteiger partial charge in [-0.25, -0.2) is 12.7 Å². The van der Waals surface area contributed by atoms with Gasteiger partial charge in [-0.3, -0.25) is 9.59 Å². The molecule has 2 aliphatic rings. The predicted octanol–water partition coefficient (Wildman–Crippen LogP) is 0.910. The summed E-state index contributed by atoms with van der Waals surface area (Å²) in [7, 11) is -3.23. The van der Waals surface area contributed by atoms with Gasteiger partial charge in [-0.05, 0) is 24.2 Å². The van der Waals surface area contributed by atoms with Crippen molar-refractivity contribution in [2.75, 3.05) is 18.8 Å². The second-order valence-corrected chi connectivity index (χ2v) is 9.98. The third-order valence-corrected chi connectivity index (χ3v) is 7.35. The van der Waals surface area contributed by atoms with Gasteiger partial charge in [0.1, 0.15) is 0 Å². The van der Waals surface area contributed by atoms with Crippen molar-refractivity contribution in [3.05, 3.63) is 0 Å². The van der Waals surface area contributed by atoms with E-state index in [0.29, 0.717) is 25.9 Å². The van der Waals surface area contributed by atoms with Crippen LogP contribution in [0.1, 0.15) is 40.5 Å². The molecule has 0 aromatic rings. The van der Waals surface area contributed by atoms with E-state index in [1.807, 2.05) is 13.8 Å². The first-order valence-electron chi connectivity index (χ1n) is 8.48. The van der Waals surface area contributed by atoms with Crippen LogP contribution in [0, 0.1) is 23.2 Å². The molecule has 1 aliphatic heterocycles. The van der Waals surface area contributed by atoms with Crippen LogP contribution in [0.25, 0.3) is 0 Å². The first-order valence-corrected chi connectivity index (χ1v) is 10.1.